The largest absolute Gasteiger partial charge is 0.510 e. The number of benzene rings is 1. The van der Waals surface area contributed by atoms with Gasteiger partial charge in [-0.25, -0.2) is 0 Å². The van der Waals surface area contributed by atoms with Crippen LogP contribution < -0.4 is 5.73 Å². The molecular weight excluding hydrogens is 485 g/mol. The van der Waals surface area contributed by atoms with Crippen molar-refractivity contribution in [2.45, 2.75) is 44.0 Å². The van der Waals surface area contributed by atoms with E-state index in [1.807, 2.05) is 6.92 Å². The van der Waals surface area contributed by atoms with E-state index in [4.69, 9.17) is 5.73 Å². The van der Waals surface area contributed by atoms with Crippen LogP contribution in [0.15, 0.2) is 34.8 Å². The van der Waals surface area contributed by atoms with E-state index in [1.54, 1.807) is 0 Å². The number of aliphatic hydroxyl groups excluding tert-OH is 2. The first-order valence-electron chi connectivity index (χ1n) is 11.3. The van der Waals surface area contributed by atoms with Gasteiger partial charge in [-0.1, -0.05) is 6.92 Å². The van der Waals surface area contributed by atoms with E-state index in [9.17, 15) is 48.0 Å². The van der Waals surface area contributed by atoms with Crippen molar-refractivity contribution in [2.24, 2.45) is 17.6 Å². The zero-order valence-corrected chi connectivity index (χ0v) is 19.4. The van der Waals surface area contributed by atoms with Crippen LogP contribution >= 0.6 is 0 Å². The predicted molar refractivity (Wildman–Crippen MR) is 118 cm³/mol. The average molecular weight is 510 g/mol. The number of carbonyl (C=O) groups excluding carboxylic acids is 3. The molecule has 1 amide bonds. The number of hydrogen-bond donors (Lipinski definition) is 5. The van der Waals surface area contributed by atoms with Crippen LogP contribution in [-0.2, 0) is 22.2 Å². The van der Waals surface area contributed by atoms with Gasteiger partial charge in [-0.2, -0.15) is 13.2 Å². The fraction of sp³-hybridized carbons (Fsp3) is 0.458. The molecule has 36 heavy (non-hydrogen) atoms. The van der Waals surface area contributed by atoms with Crippen molar-refractivity contribution in [1.82, 2.24) is 4.90 Å². The number of halogens is 3. The number of nitrogens with zero attached hydrogens (tertiary/aromatic N) is 1. The molecule has 0 aliphatic heterocycles. The van der Waals surface area contributed by atoms with Gasteiger partial charge in [0, 0.05) is 11.5 Å². The van der Waals surface area contributed by atoms with E-state index >= 15 is 0 Å². The zero-order valence-electron chi connectivity index (χ0n) is 19.4. The normalized spacial score (nSPS) is 28.2. The summed E-state index contributed by atoms with van der Waals surface area (Å²) >= 11 is 0. The Morgan fingerprint density at radius 2 is 1.86 bits per heavy atom. The number of fused-ring (bicyclic) bond motifs is 3. The summed E-state index contributed by atoms with van der Waals surface area (Å²) in [5, 5.41) is 43.8. The van der Waals surface area contributed by atoms with Gasteiger partial charge in [0.05, 0.1) is 17.2 Å². The number of ketones is 2. The Bertz CT molecular complexity index is 1250. The van der Waals surface area contributed by atoms with Crippen molar-refractivity contribution in [2.75, 3.05) is 13.6 Å². The Morgan fingerprint density at radius 1 is 1.22 bits per heavy atom. The Hall–Kier alpha value is -3.38. The number of nitrogens with two attached hydrogens (primary N) is 1. The molecule has 0 radical (unpaired) electrons. The lowest BCUT2D eigenvalue weighted by Gasteiger charge is -2.50. The fourth-order valence-electron chi connectivity index (χ4n) is 5.92. The monoisotopic (exact) mass is 510 g/mol. The number of rotatable bonds is 4. The van der Waals surface area contributed by atoms with Gasteiger partial charge in [0.15, 0.2) is 11.4 Å². The molecule has 9 nitrogen and oxygen atoms in total. The minimum atomic E-state index is -4.83. The summed E-state index contributed by atoms with van der Waals surface area (Å²) in [5.41, 5.74) is -1.27. The molecule has 12 heteroatoms. The van der Waals surface area contributed by atoms with Crippen LogP contribution in [0.2, 0.25) is 0 Å². The highest BCUT2D eigenvalue weighted by Crippen LogP contribution is 2.53. The number of primary amides is 1. The minimum Gasteiger partial charge on any atom is -0.510 e. The van der Waals surface area contributed by atoms with Crippen LogP contribution in [0.25, 0.3) is 0 Å². The molecule has 0 fully saturated rings. The molecule has 3 aliphatic carbocycles. The number of hydrogen-bond acceptors (Lipinski definition) is 8. The van der Waals surface area contributed by atoms with Crippen molar-refractivity contribution in [3.63, 3.8) is 0 Å². The summed E-state index contributed by atoms with van der Waals surface area (Å²) in [4.78, 5) is 40.2. The number of phenolic OH excluding ortho intramolecular Hbond substituents is 1. The molecular formula is C24H25F3N2O7. The van der Waals surface area contributed by atoms with Crippen LogP contribution in [0.4, 0.5) is 13.2 Å². The van der Waals surface area contributed by atoms with E-state index in [2.05, 4.69) is 0 Å². The van der Waals surface area contributed by atoms with Gasteiger partial charge in [0.25, 0.3) is 5.91 Å². The van der Waals surface area contributed by atoms with Crippen molar-refractivity contribution in [3.05, 3.63) is 51.5 Å². The maximum absolute atomic E-state index is 13.7. The molecule has 0 saturated carbocycles. The van der Waals surface area contributed by atoms with Crippen LogP contribution in [0, 0.1) is 11.8 Å². The molecule has 0 heterocycles. The quantitative estimate of drug-likeness (QED) is 0.384. The van der Waals surface area contributed by atoms with Gasteiger partial charge in [-0.3, -0.25) is 19.3 Å². The number of aliphatic hydroxyl groups is 3. The SMILES string of the molecule is CCCN(C)[C@@H]1C(O)=C(C(N)=O)C(=O)[C@@]2(O)C(O)=C3C(=O)c4c(O)ccc(C(F)(F)F)c4C[C@H]3C[C@@H]12. The highest BCUT2D eigenvalue weighted by Gasteiger charge is 2.63. The van der Waals surface area contributed by atoms with Crippen LogP contribution in [0.1, 0.15) is 41.3 Å². The van der Waals surface area contributed by atoms with Crippen molar-refractivity contribution in [3.8, 4) is 5.75 Å². The lowest BCUT2D eigenvalue weighted by atomic mass is 9.58. The van der Waals surface area contributed by atoms with E-state index in [-0.39, 0.29) is 6.42 Å². The van der Waals surface area contributed by atoms with Crippen molar-refractivity contribution >= 4 is 17.5 Å². The topological polar surface area (TPSA) is 161 Å². The maximum Gasteiger partial charge on any atom is 0.416 e. The molecule has 0 spiro atoms. The highest BCUT2D eigenvalue weighted by molar-refractivity contribution is 6.24. The van der Waals surface area contributed by atoms with Gasteiger partial charge >= 0.3 is 6.18 Å². The number of amides is 1. The van der Waals surface area contributed by atoms with E-state index in [0.717, 1.165) is 0 Å². The lowest BCUT2D eigenvalue weighted by Crippen LogP contribution is -2.64. The number of aromatic hydroxyl groups is 1. The smallest absolute Gasteiger partial charge is 0.416 e. The maximum atomic E-state index is 13.7. The number of phenols is 1. The van der Waals surface area contributed by atoms with Crippen LogP contribution in [0.3, 0.4) is 0 Å². The number of carbonyl (C=O) groups is 3. The van der Waals surface area contributed by atoms with Crippen molar-refractivity contribution < 1.29 is 48.0 Å². The average Bonchev–Trinajstić information content (AvgIpc) is 2.75. The third-order valence-electron chi connectivity index (χ3n) is 7.41. The number of likely N-dealkylation sites (N-methyl/N-ethyl adjacent to an activating group) is 1. The third kappa shape index (κ3) is 3.42. The number of Topliss-reactive ketones (excluding diaryl/α,β-unsaturated/α-hetero) is 2. The first kappa shape index (κ1) is 25.7. The molecule has 4 rings (SSSR count). The molecule has 194 valence electrons. The van der Waals surface area contributed by atoms with E-state index in [0.29, 0.717) is 25.1 Å². The Morgan fingerprint density at radius 3 is 2.42 bits per heavy atom. The molecule has 6 N–H and O–H groups in total. The van der Waals surface area contributed by atoms with Crippen LogP contribution in [-0.4, -0.2) is 68.0 Å². The fourth-order valence-corrected chi connectivity index (χ4v) is 5.92. The summed E-state index contributed by atoms with van der Waals surface area (Å²) < 4.78 is 41.1. The number of allylic oxidation sites excluding steroid dienone is 1. The minimum absolute atomic E-state index is 0.283. The number of alkyl halides is 3. The molecule has 0 saturated heterocycles. The third-order valence-corrected chi connectivity index (χ3v) is 7.41. The molecule has 3 aliphatic rings. The standard InChI is InChI=1S/C24H25F3N2O7/c1-3-6-29(2)17-12-8-9-7-10-11(24(25,26)27)4-5-13(30)15(10)18(31)14(9)20(33)23(12,36)21(34)16(19(17)32)22(28)35/h4-5,9,12,17,30,32-33,36H,3,6-8H2,1-2H3,(H2,28,35)/t9-,12-,17-,23-/m0/s1. The Kier molecular flexibility index (Phi) is 5.96. The van der Waals surface area contributed by atoms with Gasteiger partial charge in [-0.15, -0.1) is 0 Å². The van der Waals surface area contributed by atoms with Gasteiger partial charge in [0.2, 0.25) is 5.78 Å². The molecule has 4 atom stereocenters. The highest BCUT2D eigenvalue weighted by atomic mass is 19.4. The molecule has 0 unspecified atom stereocenters. The van der Waals surface area contributed by atoms with Gasteiger partial charge in [0.1, 0.15) is 22.8 Å². The molecule has 1 aromatic carbocycles. The first-order chi connectivity index (χ1) is 16.7. The predicted octanol–water partition coefficient (Wildman–Crippen LogP) is 1.92. The first-order valence-corrected chi connectivity index (χ1v) is 11.3. The summed E-state index contributed by atoms with van der Waals surface area (Å²) in [7, 11) is 1.54. The summed E-state index contributed by atoms with van der Waals surface area (Å²) in [5.74, 6) is -8.92. The zero-order chi connectivity index (χ0) is 26.9. The second-order valence-electron chi connectivity index (χ2n) is 9.46. The van der Waals surface area contributed by atoms with E-state index in [1.165, 1.54) is 11.9 Å². The molecule has 0 bridgehead atoms. The Labute approximate surface area is 203 Å². The second-order valence-corrected chi connectivity index (χ2v) is 9.46. The lowest BCUT2D eigenvalue weighted by molar-refractivity contribution is -0.149. The van der Waals surface area contributed by atoms with Gasteiger partial charge < -0.3 is 26.2 Å². The van der Waals surface area contributed by atoms with Crippen LogP contribution in [0.5, 0.6) is 5.75 Å². The molecule has 0 aromatic heterocycles. The molecule has 1 aromatic rings. The van der Waals surface area contributed by atoms with Crippen molar-refractivity contribution in [1.29, 1.82) is 0 Å². The Balaban J connectivity index is 1.97. The second kappa shape index (κ2) is 8.34. The summed E-state index contributed by atoms with van der Waals surface area (Å²) in [6.07, 6.45) is -4.99. The summed E-state index contributed by atoms with van der Waals surface area (Å²) in [6, 6.07) is 0.164. The van der Waals surface area contributed by atoms with E-state index < -0.39 is 98.7 Å². The van der Waals surface area contributed by atoms with Gasteiger partial charge in [-0.05, 0) is 56.5 Å². The summed E-state index contributed by atoms with van der Waals surface area (Å²) in [6.45, 7) is 2.13.